The number of phenolic OH excluding ortho intramolecular Hbond substituents is 1. The Bertz CT molecular complexity index is 1610. The number of hydrogen-bond donors (Lipinski definition) is 4. The summed E-state index contributed by atoms with van der Waals surface area (Å²) in [4.78, 5) is 28.7. The average Bonchev–Trinajstić information content (AvgIpc) is 3.24. The minimum absolute atomic E-state index is 0.185. The maximum Gasteiger partial charge on any atom is 0.488 e. The van der Waals surface area contributed by atoms with E-state index in [9.17, 15) is 29.8 Å². The Morgan fingerprint density at radius 2 is 1.77 bits per heavy atom. The Morgan fingerprint density at radius 3 is 2.51 bits per heavy atom. The van der Waals surface area contributed by atoms with Crippen LogP contribution in [0, 0.1) is 17.8 Å². The lowest BCUT2D eigenvalue weighted by Gasteiger charge is -2.42. The van der Waals surface area contributed by atoms with E-state index in [2.05, 4.69) is 0 Å². The van der Waals surface area contributed by atoms with E-state index < -0.39 is 32.2 Å². The molecule has 218 valence electrons. The Labute approximate surface area is 251 Å². The molecule has 2 aliphatic heterocycles. The lowest BCUT2D eigenvalue weighted by atomic mass is 9.58. The summed E-state index contributed by atoms with van der Waals surface area (Å²) in [6, 6.07) is 23.2. The van der Waals surface area contributed by atoms with Gasteiger partial charge in [0.05, 0.1) is 23.6 Å². The van der Waals surface area contributed by atoms with Gasteiger partial charge in [-0.15, -0.1) is 0 Å². The number of amides is 2. The van der Waals surface area contributed by atoms with Crippen LogP contribution in [-0.2, 0) is 14.2 Å². The molecule has 0 unspecified atom stereocenters. The molecule has 2 saturated heterocycles. The van der Waals surface area contributed by atoms with Crippen molar-refractivity contribution in [3.63, 3.8) is 0 Å². The highest BCUT2D eigenvalue weighted by molar-refractivity contribution is 6.58. The lowest BCUT2D eigenvalue weighted by Crippen LogP contribution is -2.46. The number of hydrogen-bond acceptors (Lipinski definition) is 7. The molecular weight excluding hydrogens is 544 g/mol. The van der Waals surface area contributed by atoms with Crippen LogP contribution >= 0.6 is 0 Å². The monoisotopic (exact) mass is 577 g/mol. The minimum atomic E-state index is -1.72. The average molecular weight is 577 g/mol. The van der Waals surface area contributed by atoms with Gasteiger partial charge in [-0.3, -0.25) is 14.5 Å². The van der Waals surface area contributed by atoms with E-state index in [0.717, 1.165) is 27.8 Å². The zero-order valence-corrected chi connectivity index (χ0v) is 23.8. The number of carbonyl (C=O) groups is 2. The molecule has 3 aromatic carbocycles. The van der Waals surface area contributed by atoms with Gasteiger partial charge in [0.25, 0.3) is 0 Å². The highest BCUT2D eigenvalue weighted by atomic mass is 16.5. The minimum Gasteiger partial charge on any atom is -0.508 e. The van der Waals surface area contributed by atoms with Gasteiger partial charge >= 0.3 is 14.2 Å². The predicted molar refractivity (Wildman–Crippen MR) is 166 cm³/mol. The van der Waals surface area contributed by atoms with E-state index in [1.54, 1.807) is 30.3 Å². The van der Waals surface area contributed by atoms with Gasteiger partial charge in [-0.25, -0.2) is 0 Å². The van der Waals surface area contributed by atoms with Gasteiger partial charge < -0.3 is 24.8 Å². The van der Waals surface area contributed by atoms with Crippen molar-refractivity contribution in [2.24, 2.45) is 17.8 Å². The third-order valence-electron chi connectivity index (χ3n) is 8.91. The molecule has 0 saturated carbocycles. The number of fused-ring (bicyclic) bond motifs is 3. The summed E-state index contributed by atoms with van der Waals surface area (Å²) >= 11 is 0. The number of imide groups is 1. The molecule has 2 heterocycles. The first-order valence-corrected chi connectivity index (χ1v) is 14.6. The number of aromatic hydroxyl groups is 1. The second kappa shape index (κ2) is 12.0. The number of allylic oxidation sites excluding steroid dienone is 2. The van der Waals surface area contributed by atoms with Crippen molar-refractivity contribution in [3.8, 4) is 5.75 Å². The van der Waals surface area contributed by atoms with Crippen LogP contribution in [0.1, 0.15) is 37.3 Å². The first-order chi connectivity index (χ1) is 20.7. The van der Waals surface area contributed by atoms with Crippen LogP contribution in [0.5, 0.6) is 5.75 Å². The summed E-state index contributed by atoms with van der Waals surface area (Å²) in [6.07, 6.45) is 3.41. The van der Waals surface area contributed by atoms with Crippen LogP contribution in [0.15, 0.2) is 90.0 Å². The Balaban J connectivity index is 1.29. The lowest BCUT2D eigenvalue weighted by molar-refractivity contribution is -0.122. The summed E-state index contributed by atoms with van der Waals surface area (Å²) in [5.41, 5.74) is 5.44. The fourth-order valence-electron chi connectivity index (χ4n) is 7.05. The maximum absolute atomic E-state index is 13.9. The van der Waals surface area contributed by atoms with Crippen LogP contribution in [0.2, 0.25) is 6.32 Å². The van der Waals surface area contributed by atoms with Gasteiger partial charge in [0.1, 0.15) is 5.75 Å². The van der Waals surface area contributed by atoms with Gasteiger partial charge in [-0.2, -0.15) is 0 Å². The first kappa shape index (κ1) is 29.1. The van der Waals surface area contributed by atoms with E-state index in [0.29, 0.717) is 24.9 Å². The molecule has 2 fully saturated rings. The zero-order chi connectivity index (χ0) is 30.2. The van der Waals surface area contributed by atoms with E-state index in [-0.39, 0.29) is 35.3 Å². The SMILES string of the molecule is CC1=C2[C@@H](CC/C(=C/c3cccc(O)c3)c3ccccc3)OB(O)C[C@@H]2[C@@H]2C(=O)N(c3cccc(B(O)O)c3)C(=O)[C@@H]2C1. The van der Waals surface area contributed by atoms with E-state index in [1.165, 1.54) is 17.0 Å². The molecule has 6 rings (SSSR count). The fraction of sp³-hybridized carbons (Fsp3) is 0.273. The summed E-state index contributed by atoms with van der Waals surface area (Å²) in [5.74, 6) is -2.00. The number of rotatable bonds is 7. The van der Waals surface area contributed by atoms with Crippen molar-refractivity contribution >= 4 is 48.9 Å². The van der Waals surface area contributed by atoms with Gasteiger partial charge in [-0.1, -0.05) is 66.2 Å². The van der Waals surface area contributed by atoms with Crippen LogP contribution in [0.3, 0.4) is 0 Å². The maximum atomic E-state index is 13.9. The van der Waals surface area contributed by atoms with Gasteiger partial charge in [-0.05, 0) is 90.4 Å². The van der Waals surface area contributed by atoms with E-state index in [4.69, 9.17) is 4.65 Å². The quantitative estimate of drug-likeness (QED) is 0.147. The standard InChI is InChI=1S/C33H33B2NO7/c1-20-15-27-31(33(39)36(32(27)38)25-11-6-10-24(18-25)35(41)42)28-19-34(40)43-29(30(20)28)14-13-23(22-8-3-2-4-9-22)16-21-7-5-12-26(37)17-21/h2-12,16-18,27-29,31,37,40-42H,13-15,19H2,1H3/b23-16-/t27-,28+,29-,31-/m1/s1. The predicted octanol–water partition coefficient (Wildman–Crippen LogP) is 3.41. The molecule has 0 radical (unpaired) electrons. The molecule has 2 amide bonds. The molecule has 10 heteroatoms. The molecule has 0 aromatic heterocycles. The second-order valence-corrected chi connectivity index (χ2v) is 11.6. The number of anilines is 1. The topological polar surface area (TPSA) is 128 Å². The Kier molecular flexibility index (Phi) is 8.11. The molecule has 1 aliphatic carbocycles. The van der Waals surface area contributed by atoms with Crippen molar-refractivity contribution in [2.75, 3.05) is 4.90 Å². The van der Waals surface area contributed by atoms with Crippen molar-refractivity contribution in [3.05, 3.63) is 101 Å². The van der Waals surface area contributed by atoms with Crippen molar-refractivity contribution in [1.82, 2.24) is 0 Å². The fourth-order valence-corrected chi connectivity index (χ4v) is 7.05. The number of nitrogens with zero attached hydrogens (tertiary/aromatic N) is 1. The van der Waals surface area contributed by atoms with E-state index in [1.807, 2.05) is 49.4 Å². The van der Waals surface area contributed by atoms with E-state index >= 15 is 0 Å². The van der Waals surface area contributed by atoms with Crippen molar-refractivity contribution in [1.29, 1.82) is 0 Å². The van der Waals surface area contributed by atoms with Gasteiger partial charge in [0, 0.05) is 0 Å². The first-order valence-electron chi connectivity index (χ1n) is 14.6. The van der Waals surface area contributed by atoms with Crippen LogP contribution in [0.25, 0.3) is 11.6 Å². The third-order valence-corrected chi connectivity index (χ3v) is 8.91. The van der Waals surface area contributed by atoms with Crippen LogP contribution < -0.4 is 10.4 Å². The largest absolute Gasteiger partial charge is 0.508 e. The molecule has 0 bridgehead atoms. The zero-order valence-electron chi connectivity index (χ0n) is 23.8. The molecule has 43 heavy (non-hydrogen) atoms. The molecule has 4 N–H and O–H groups in total. The molecule has 3 aromatic rings. The second-order valence-electron chi connectivity index (χ2n) is 11.6. The summed E-state index contributed by atoms with van der Waals surface area (Å²) in [7, 11) is -2.80. The summed E-state index contributed by atoms with van der Waals surface area (Å²) in [6.45, 7) is 1.98. The molecule has 8 nitrogen and oxygen atoms in total. The third kappa shape index (κ3) is 5.71. The smallest absolute Gasteiger partial charge is 0.488 e. The molecule has 0 spiro atoms. The van der Waals surface area contributed by atoms with Gasteiger partial charge in [0.2, 0.25) is 11.8 Å². The van der Waals surface area contributed by atoms with Crippen LogP contribution in [-0.4, -0.2) is 52.3 Å². The number of phenols is 1. The summed E-state index contributed by atoms with van der Waals surface area (Å²) in [5, 5.41) is 40.1. The Morgan fingerprint density at radius 1 is 1.00 bits per heavy atom. The van der Waals surface area contributed by atoms with Crippen molar-refractivity contribution in [2.45, 2.75) is 38.6 Å². The van der Waals surface area contributed by atoms with Crippen molar-refractivity contribution < 1.29 is 34.4 Å². The van der Waals surface area contributed by atoms with Crippen LogP contribution in [0.4, 0.5) is 5.69 Å². The highest BCUT2D eigenvalue weighted by Gasteiger charge is 2.57. The number of benzene rings is 3. The molecule has 4 atom stereocenters. The normalized spacial score (nSPS) is 23.9. The molecular formula is C33H33B2NO7. The summed E-state index contributed by atoms with van der Waals surface area (Å²) < 4.78 is 6.11. The number of carbonyl (C=O) groups excluding carboxylic acids is 2. The molecule has 3 aliphatic rings. The Hall–Kier alpha value is -3.95. The van der Waals surface area contributed by atoms with Gasteiger partial charge in [0.15, 0.2) is 0 Å². The highest BCUT2D eigenvalue weighted by Crippen LogP contribution is 2.51.